The summed E-state index contributed by atoms with van der Waals surface area (Å²) in [5, 5.41) is -0.120. The van der Waals surface area contributed by atoms with E-state index in [1.807, 2.05) is 48.5 Å². The molecule has 0 saturated heterocycles. The van der Waals surface area contributed by atoms with E-state index in [1.165, 1.54) is 11.8 Å². The molecule has 0 amide bonds. The number of thioether (sulfide) groups is 1. The van der Waals surface area contributed by atoms with Crippen molar-refractivity contribution in [3.05, 3.63) is 82.4 Å². The van der Waals surface area contributed by atoms with Crippen LogP contribution in [-0.2, 0) is 9.53 Å². The molecule has 0 spiro atoms. The minimum Gasteiger partial charge on any atom is -0.463 e. The summed E-state index contributed by atoms with van der Waals surface area (Å²) >= 11 is 1.24. The molecule has 0 radical (unpaired) electrons. The van der Waals surface area contributed by atoms with Crippen LogP contribution < -0.4 is 5.73 Å². The van der Waals surface area contributed by atoms with Crippen LogP contribution in [0.1, 0.15) is 28.8 Å². The molecule has 2 aromatic carbocycles. The Bertz CT molecular complexity index is 802. The number of benzene rings is 2. The quantitative estimate of drug-likeness (QED) is 0.658. The second kappa shape index (κ2) is 7.57. The Morgan fingerprint density at radius 3 is 2.24 bits per heavy atom. The monoisotopic (exact) mass is 353 g/mol. The summed E-state index contributed by atoms with van der Waals surface area (Å²) in [6, 6.07) is 18.6. The van der Waals surface area contributed by atoms with Gasteiger partial charge in [0.2, 0.25) is 0 Å². The number of hydrogen-bond donors (Lipinski definition) is 1. The van der Waals surface area contributed by atoms with Crippen molar-refractivity contribution in [2.24, 2.45) is 5.73 Å². The van der Waals surface area contributed by atoms with Crippen molar-refractivity contribution in [1.82, 2.24) is 0 Å². The zero-order chi connectivity index (χ0) is 17.8. The Labute approximate surface area is 151 Å². The standard InChI is InChI=1S/C20H19NO3S/c1-2-24-20(23)16-15(13-9-5-3-6-10-13)18(25-19(16)21)17(22)14-11-7-4-8-12-14/h3-12,15,18H,2,21H2,1H3/t15-,18+/m1/s1. The van der Waals surface area contributed by atoms with Crippen molar-refractivity contribution in [3.63, 3.8) is 0 Å². The third-order valence-corrected chi connectivity index (χ3v) is 5.32. The molecule has 1 heterocycles. The van der Waals surface area contributed by atoms with Crippen molar-refractivity contribution in [2.75, 3.05) is 6.61 Å². The molecule has 4 nitrogen and oxygen atoms in total. The number of carbonyl (C=O) groups is 2. The van der Waals surface area contributed by atoms with E-state index in [-0.39, 0.29) is 12.4 Å². The zero-order valence-corrected chi connectivity index (χ0v) is 14.7. The topological polar surface area (TPSA) is 69.4 Å². The number of nitrogens with two attached hydrogens (primary N) is 1. The van der Waals surface area contributed by atoms with Crippen LogP contribution in [0, 0.1) is 0 Å². The molecule has 2 aromatic rings. The lowest BCUT2D eigenvalue weighted by atomic mass is 9.85. The van der Waals surface area contributed by atoms with Crippen LogP contribution >= 0.6 is 11.8 Å². The highest BCUT2D eigenvalue weighted by atomic mass is 32.2. The Morgan fingerprint density at radius 1 is 1.04 bits per heavy atom. The molecule has 1 aliphatic heterocycles. The average molecular weight is 353 g/mol. The first kappa shape index (κ1) is 17.3. The molecule has 0 fully saturated rings. The lowest BCUT2D eigenvalue weighted by Crippen LogP contribution is -2.26. The van der Waals surface area contributed by atoms with E-state index in [0.717, 1.165) is 5.56 Å². The van der Waals surface area contributed by atoms with E-state index in [9.17, 15) is 9.59 Å². The molecule has 5 heteroatoms. The minimum absolute atomic E-state index is 0.0401. The van der Waals surface area contributed by atoms with Crippen LogP contribution in [0.4, 0.5) is 0 Å². The predicted molar refractivity (Wildman–Crippen MR) is 99.2 cm³/mol. The average Bonchev–Trinajstić information content (AvgIpc) is 3.00. The Hall–Kier alpha value is -2.53. The number of ketones is 1. The third-order valence-electron chi connectivity index (χ3n) is 4.10. The van der Waals surface area contributed by atoms with Gasteiger partial charge in [-0.15, -0.1) is 0 Å². The first-order valence-electron chi connectivity index (χ1n) is 8.11. The van der Waals surface area contributed by atoms with Gasteiger partial charge in [0.15, 0.2) is 5.78 Å². The highest BCUT2D eigenvalue weighted by Gasteiger charge is 2.43. The number of Topliss-reactive ketones (excluding diaryl/α,β-unsaturated/α-hetero) is 1. The van der Waals surface area contributed by atoms with Crippen LogP contribution in [0.3, 0.4) is 0 Å². The molecule has 2 atom stereocenters. The third kappa shape index (κ3) is 3.46. The summed E-state index contributed by atoms with van der Waals surface area (Å²) in [5.41, 5.74) is 8.01. The summed E-state index contributed by atoms with van der Waals surface area (Å²) in [4.78, 5) is 25.5. The Balaban J connectivity index is 2.02. The molecule has 0 bridgehead atoms. The second-order valence-corrected chi connectivity index (χ2v) is 6.84. The second-order valence-electron chi connectivity index (χ2n) is 5.66. The van der Waals surface area contributed by atoms with Crippen LogP contribution in [0.2, 0.25) is 0 Å². The van der Waals surface area contributed by atoms with Crippen molar-refractivity contribution >= 4 is 23.5 Å². The number of hydrogen-bond acceptors (Lipinski definition) is 5. The van der Waals surface area contributed by atoms with Crippen LogP contribution in [0.25, 0.3) is 0 Å². The van der Waals surface area contributed by atoms with Gasteiger partial charge in [0, 0.05) is 11.5 Å². The van der Waals surface area contributed by atoms with Crippen molar-refractivity contribution in [2.45, 2.75) is 18.1 Å². The number of carbonyl (C=O) groups excluding carboxylic acids is 2. The number of esters is 1. The Morgan fingerprint density at radius 2 is 1.64 bits per heavy atom. The van der Waals surface area contributed by atoms with Gasteiger partial charge in [-0.25, -0.2) is 4.79 Å². The van der Waals surface area contributed by atoms with Crippen LogP contribution in [0.15, 0.2) is 71.3 Å². The maximum Gasteiger partial charge on any atom is 0.337 e. The van der Waals surface area contributed by atoms with Crippen LogP contribution in [-0.4, -0.2) is 23.6 Å². The fourth-order valence-corrected chi connectivity index (χ4v) is 4.27. The molecule has 0 aliphatic carbocycles. The highest BCUT2D eigenvalue weighted by Crippen LogP contribution is 2.47. The van der Waals surface area contributed by atoms with Crippen molar-refractivity contribution < 1.29 is 14.3 Å². The molecule has 128 valence electrons. The van der Waals surface area contributed by atoms with Gasteiger partial charge in [0.25, 0.3) is 0 Å². The van der Waals surface area contributed by atoms with E-state index in [0.29, 0.717) is 16.2 Å². The molecule has 0 unspecified atom stereocenters. The maximum absolute atomic E-state index is 13.0. The Kier molecular flexibility index (Phi) is 5.24. The van der Waals surface area contributed by atoms with E-state index in [2.05, 4.69) is 0 Å². The first-order valence-corrected chi connectivity index (χ1v) is 8.99. The summed E-state index contributed by atoms with van der Waals surface area (Å²) in [6.07, 6.45) is 0. The largest absolute Gasteiger partial charge is 0.463 e. The zero-order valence-electron chi connectivity index (χ0n) is 13.8. The predicted octanol–water partition coefficient (Wildman–Crippen LogP) is 3.50. The lowest BCUT2D eigenvalue weighted by molar-refractivity contribution is -0.138. The van der Waals surface area contributed by atoms with E-state index in [4.69, 9.17) is 10.5 Å². The molecule has 3 rings (SSSR count). The van der Waals surface area contributed by atoms with E-state index in [1.54, 1.807) is 19.1 Å². The lowest BCUT2D eigenvalue weighted by Gasteiger charge is -2.20. The van der Waals surface area contributed by atoms with Gasteiger partial charge >= 0.3 is 5.97 Å². The molecule has 0 saturated carbocycles. The molecule has 2 N–H and O–H groups in total. The van der Waals surface area contributed by atoms with Crippen molar-refractivity contribution in [3.8, 4) is 0 Å². The van der Waals surface area contributed by atoms with Gasteiger partial charge < -0.3 is 10.5 Å². The number of rotatable bonds is 5. The summed E-state index contributed by atoms with van der Waals surface area (Å²) in [7, 11) is 0. The van der Waals surface area contributed by atoms with E-state index >= 15 is 0 Å². The molecule has 1 aliphatic rings. The molecule has 0 aromatic heterocycles. The van der Waals surface area contributed by atoms with Gasteiger partial charge in [-0.3, -0.25) is 4.79 Å². The van der Waals surface area contributed by atoms with Crippen LogP contribution in [0.5, 0.6) is 0 Å². The van der Waals surface area contributed by atoms with Gasteiger partial charge in [-0.05, 0) is 12.5 Å². The number of ether oxygens (including phenoxy) is 1. The van der Waals surface area contributed by atoms with E-state index < -0.39 is 17.1 Å². The van der Waals surface area contributed by atoms with Crippen molar-refractivity contribution in [1.29, 1.82) is 0 Å². The van der Waals surface area contributed by atoms with Gasteiger partial charge in [0.1, 0.15) is 0 Å². The maximum atomic E-state index is 13.0. The molecular formula is C20H19NO3S. The first-order chi connectivity index (χ1) is 12.1. The fraction of sp³-hybridized carbons (Fsp3) is 0.200. The summed E-state index contributed by atoms with van der Waals surface area (Å²) < 4.78 is 5.18. The smallest absolute Gasteiger partial charge is 0.337 e. The van der Waals surface area contributed by atoms with Gasteiger partial charge in [-0.1, -0.05) is 72.4 Å². The summed E-state index contributed by atoms with van der Waals surface area (Å²) in [5.74, 6) is -0.913. The highest BCUT2D eigenvalue weighted by molar-refractivity contribution is 8.04. The SMILES string of the molecule is CCOC(=O)C1=C(N)S[C@H](C(=O)c2ccccc2)[C@@H]1c1ccccc1. The minimum atomic E-state index is -0.482. The summed E-state index contributed by atoms with van der Waals surface area (Å²) in [6.45, 7) is 2.01. The molecule has 25 heavy (non-hydrogen) atoms. The fourth-order valence-electron chi connectivity index (χ4n) is 2.98. The van der Waals surface area contributed by atoms with Gasteiger partial charge in [-0.2, -0.15) is 0 Å². The normalized spacial score (nSPS) is 19.7. The molecular weight excluding hydrogens is 334 g/mol. The van der Waals surface area contributed by atoms with Gasteiger partial charge in [0.05, 0.1) is 22.5 Å².